The van der Waals surface area contributed by atoms with Crippen LogP contribution in [0.4, 0.5) is 0 Å². The molecule has 3 atom stereocenters. The van der Waals surface area contributed by atoms with Gasteiger partial charge in [-0.1, -0.05) is 32.9 Å². The second-order valence-corrected chi connectivity index (χ2v) is 7.38. The zero-order chi connectivity index (χ0) is 15.4. The summed E-state index contributed by atoms with van der Waals surface area (Å²) in [4.78, 5) is 4.97. The number of nitrogens with zero attached hydrogens (tertiary/aromatic N) is 2. The molecule has 1 aromatic heterocycles. The molecule has 0 saturated heterocycles. The summed E-state index contributed by atoms with van der Waals surface area (Å²) < 4.78 is 2.31. The summed E-state index contributed by atoms with van der Waals surface area (Å²) in [6.07, 6.45) is 2.23. The smallest absolute Gasteiger partial charge is 0.113 e. The normalized spacial score (nSPS) is 29.0. The first-order valence-corrected chi connectivity index (χ1v) is 8.01. The minimum absolute atomic E-state index is 0.181. The fourth-order valence-electron chi connectivity index (χ4n) is 4.11. The fourth-order valence-corrected chi connectivity index (χ4v) is 4.11. The molecular formula is C18H27N3. The Kier molecular flexibility index (Phi) is 3.36. The second kappa shape index (κ2) is 4.84. The molecule has 0 bridgehead atoms. The highest BCUT2D eigenvalue weighted by Crippen LogP contribution is 2.49. The number of aromatic nitrogens is 2. The molecule has 3 rings (SSSR count). The molecule has 3 unspecified atom stereocenters. The van der Waals surface area contributed by atoms with Gasteiger partial charge in [0.15, 0.2) is 0 Å². The number of benzene rings is 1. The number of para-hydroxylation sites is 1. The van der Waals surface area contributed by atoms with Crippen LogP contribution in [0.2, 0.25) is 0 Å². The van der Waals surface area contributed by atoms with Crippen LogP contribution in [0.1, 0.15) is 50.9 Å². The molecule has 1 aromatic carbocycles. The first-order valence-electron chi connectivity index (χ1n) is 8.01. The molecule has 2 aromatic rings. The van der Waals surface area contributed by atoms with Crippen LogP contribution in [-0.4, -0.2) is 15.6 Å². The molecule has 2 N–H and O–H groups in total. The van der Waals surface area contributed by atoms with Gasteiger partial charge in [0.25, 0.3) is 0 Å². The van der Waals surface area contributed by atoms with E-state index >= 15 is 0 Å². The average molecular weight is 285 g/mol. The monoisotopic (exact) mass is 285 g/mol. The Balaban J connectivity index is 2.12. The number of aryl methyl sites for hydroxylation is 2. The Labute approximate surface area is 127 Å². The Hall–Kier alpha value is -1.35. The van der Waals surface area contributed by atoms with Crippen molar-refractivity contribution in [2.75, 3.05) is 0 Å². The number of nitrogens with two attached hydrogens (primary N) is 1. The van der Waals surface area contributed by atoms with Gasteiger partial charge in [0.05, 0.1) is 11.0 Å². The van der Waals surface area contributed by atoms with Crippen LogP contribution >= 0.6 is 0 Å². The van der Waals surface area contributed by atoms with Crippen molar-refractivity contribution in [2.45, 2.75) is 52.5 Å². The zero-order valence-electron chi connectivity index (χ0n) is 13.9. The summed E-state index contributed by atoms with van der Waals surface area (Å²) in [5, 5.41) is 0. The van der Waals surface area contributed by atoms with E-state index in [1.54, 1.807) is 0 Å². The quantitative estimate of drug-likeness (QED) is 0.867. The third-order valence-electron chi connectivity index (χ3n) is 5.94. The first kappa shape index (κ1) is 14.6. The molecule has 1 aliphatic rings. The van der Waals surface area contributed by atoms with Crippen molar-refractivity contribution < 1.29 is 0 Å². The third kappa shape index (κ3) is 2.10. The lowest BCUT2D eigenvalue weighted by molar-refractivity contribution is 0.0936. The Morgan fingerprint density at radius 1 is 1.29 bits per heavy atom. The maximum Gasteiger partial charge on any atom is 0.113 e. The molecule has 1 aliphatic carbocycles. The van der Waals surface area contributed by atoms with Crippen molar-refractivity contribution in [2.24, 2.45) is 24.1 Å². The summed E-state index contributed by atoms with van der Waals surface area (Å²) in [5.74, 6) is 2.21. The van der Waals surface area contributed by atoms with Gasteiger partial charge < -0.3 is 10.3 Å². The van der Waals surface area contributed by atoms with Gasteiger partial charge >= 0.3 is 0 Å². The predicted octanol–water partition coefficient (Wildman–Crippen LogP) is 3.75. The van der Waals surface area contributed by atoms with E-state index in [2.05, 4.69) is 57.5 Å². The van der Waals surface area contributed by atoms with Crippen molar-refractivity contribution in [3.63, 3.8) is 0 Å². The standard InChI is InChI=1S/C18H27N3/c1-11-7-6-8-15-16(11)21(5)17(20-15)13-9-10-14(19)12(2)18(13,3)4/h6-8,12-14H,9-10,19H2,1-5H3. The van der Waals surface area contributed by atoms with E-state index in [-0.39, 0.29) is 5.41 Å². The lowest BCUT2D eigenvalue weighted by atomic mass is 9.61. The maximum atomic E-state index is 6.30. The average Bonchev–Trinajstić information content (AvgIpc) is 2.75. The molecule has 0 spiro atoms. The van der Waals surface area contributed by atoms with Crippen LogP contribution < -0.4 is 5.73 Å². The lowest BCUT2D eigenvalue weighted by Gasteiger charge is -2.46. The molecule has 21 heavy (non-hydrogen) atoms. The highest BCUT2D eigenvalue weighted by Gasteiger charge is 2.44. The van der Waals surface area contributed by atoms with Crippen molar-refractivity contribution in [3.8, 4) is 0 Å². The van der Waals surface area contributed by atoms with Crippen LogP contribution in [-0.2, 0) is 7.05 Å². The van der Waals surface area contributed by atoms with Gasteiger partial charge in [-0.2, -0.15) is 0 Å². The van der Waals surface area contributed by atoms with Gasteiger partial charge in [-0.05, 0) is 42.7 Å². The molecule has 3 nitrogen and oxygen atoms in total. The molecule has 1 fully saturated rings. The van der Waals surface area contributed by atoms with Crippen molar-refractivity contribution in [1.29, 1.82) is 0 Å². The Bertz CT molecular complexity index is 668. The van der Waals surface area contributed by atoms with E-state index in [4.69, 9.17) is 10.7 Å². The van der Waals surface area contributed by atoms with Crippen LogP contribution in [0.15, 0.2) is 18.2 Å². The summed E-state index contributed by atoms with van der Waals surface area (Å²) in [6, 6.07) is 6.70. The molecule has 3 heteroatoms. The molecule has 1 saturated carbocycles. The minimum atomic E-state index is 0.181. The van der Waals surface area contributed by atoms with Crippen molar-refractivity contribution in [3.05, 3.63) is 29.6 Å². The van der Waals surface area contributed by atoms with E-state index < -0.39 is 0 Å². The van der Waals surface area contributed by atoms with E-state index in [1.807, 2.05) is 0 Å². The predicted molar refractivity (Wildman–Crippen MR) is 88.3 cm³/mol. The summed E-state index contributed by atoms with van der Waals surface area (Å²) in [6.45, 7) is 9.17. The van der Waals surface area contributed by atoms with Crippen molar-refractivity contribution >= 4 is 11.0 Å². The minimum Gasteiger partial charge on any atom is -0.331 e. The van der Waals surface area contributed by atoms with E-state index in [0.29, 0.717) is 17.9 Å². The summed E-state index contributed by atoms with van der Waals surface area (Å²) in [7, 11) is 2.16. The van der Waals surface area contributed by atoms with Gasteiger partial charge in [-0.25, -0.2) is 4.98 Å². The zero-order valence-corrected chi connectivity index (χ0v) is 13.9. The number of rotatable bonds is 1. The fraction of sp³-hybridized carbons (Fsp3) is 0.611. The van der Waals surface area contributed by atoms with Crippen LogP contribution in [0, 0.1) is 18.3 Å². The number of imidazole rings is 1. The van der Waals surface area contributed by atoms with Gasteiger partial charge in [0.2, 0.25) is 0 Å². The summed E-state index contributed by atoms with van der Waals surface area (Å²) in [5.41, 5.74) is 10.2. The lowest BCUT2D eigenvalue weighted by Crippen LogP contribution is -2.46. The van der Waals surface area contributed by atoms with Gasteiger partial charge in [-0.15, -0.1) is 0 Å². The largest absolute Gasteiger partial charge is 0.331 e. The van der Waals surface area contributed by atoms with Crippen LogP contribution in [0.5, 0.6) is 0 Å². The topological polar surface area (TPSA) is 43.8 Å². The number of fused-ring (bicyclic) bond motifs is 1. The maximum absolute atomic E-state index is 6.30. The second-order valence-electron chi connectivity index (χ2n) is 7.38. The van der Waals surface area contributed by atoms with E-state index in [1.165, 1.54) is 16.9 Å². The van der Waals surface area contributed by atoms with E-state index in [9.17, 15) is 0 Å². The molecule has 1 heterocycles. The molecule has 0 aliphatic heterocycles. The van der Waals surface area contributed by atoms with Crippen LogP contribution in [0.3, 0.4) is 0 Å². The number of hydrogen-bond acceptors (Lipinski definition) is 2. The van der Waals surface area contributed by atoms with Gasteiger partial charge in [0.1, 0.15) is 5.82 Å². The van der Waals surface area contributed by atoms with Gasteiger partial charge in [0, 0.05) is 19.0 Å². The van der Waals surface area contributed by atoms with E-state index in [0.717, 1.165) is 18.4 Å². The van der Waals surface area contributed by atoms with Gasteiger partial charge in [-0.3, -0.25) is 0 Å². The third-order valence-corrected chi connectivity index (χ3v) is 5.94. The van der Waals surface area contributed by atoms with Crippen molar-refractivity contribution in [1.82, 2.24) is 9.55 Å². The highest BCUT2D eigenvalue weighted by atomic mass is 15.1. The molecule has 0 radical (unpaired) electrons. The first-order chi connectivity index (χ1) is 9.84. The molecule has 0 amide bonds. The highest BCUT2D eigenvalue weighted by molar-refractivity contribution is 5.79. The Morgan fingerprint density at radius 2 is 2.00 bits per heavy atom. The number of hydrogen-bond donors (Lipinski definition) is 1. The Morgan fingerprint density at radius 3 is 2.67 bits per heavy atom. The summed E-state index contributed by atoms with van der Waals surface area (Å²) >= 11 is 0. The SMILES string of the molecule is Cc1cccc2nc(C3CCC(N)C(C)C3(C)C)n(C)c12. The van der Waals surface area contributed by atoms with Crippen LogP contribution in [0.25, 0.3) is 11.0 Å². The molecular weight excluding hydrogens is 258 g/mol. The molecule has 114 valence electrons.